The summed E-state index contributed by atoms with van der Waals surface area (Å²) in [6, 6.07) is -1.22. The van der Waals surface area contributed by atoms with Crippen LogP contribution in [0.4, 0.5) is 0 Å². The van der Waals surface area contributed by atoms with Gasteiger partial charge in [0.2, 0.25) is 11.8 Å². The molecule has 1 aliphatic carbocycles. The molecule has 0 aromatic rings. The number of hydrogen-bond donors (Lipinski definition) is 4. The Hall–Kier alpha value is -2.12. The van der Waals surface area contributed by atoms with Gasteiger partial charge in [-0.15, -0.1) is 0 Å². The van der Waals surface area contributed by atoms with Gasteiger partial charge in [-0.25, -0.2) is 0 Å². The number of guanidine groups is 1. The van der Waals surface area contributed by atoms with E-state index in [0.29, 0.717) is 32.1 Å². The summed E-state index contributed by atoms with van der Waals surface area (Å²) >= 11 is 0. The van der Waals surface area contributed by atoms with Crippen LogP contribution >= 0.6 is 0 Å². The van der Waals surface area contributed by atoms with Crippen LogP contribution in [0.15, 0.2) is 4.99 Å². The molecule has 24 heavy (non-hydrogen) atoms. The molecule has 0 radical (unpaired) electrons. The Morgan fingerprint density at radius 2 is 1.92 bits per heavy atom. The van der Waals surface area contributed by atoms with Gasteiger partial charge in [-0.2, -0.15) is 0 Å². The highest BCUT2D eigenvalue weighted by atomic mass is 16.2. The van der Waals surface area contributed by atoms with Gasteiger partial charge in [-0.1, -0.05) is 13.8 Å². The van der Waals surface area contributed by atoms with Crippen molar-refractivity contribution >= 4 is 24.1 Å². The number of amides is 2. The van der Waals surface area contributed by atoms with Crippen molar-refractivity contribution in [3.63, 3.8) is 0 Å². The first kappa shape index (κ1) is 19.9. The average molecular weight is 339 g/mol. The summed E-state index contributed by atoms with van der Waals surface area (Å²) in [6.07, 6.45) is 4.00. The SMILES string of the molecule is CC(C)C[C@H](NC(=O)C1CC1)C(=O)N[C@H](C=O)CCCN=C(N)N. The number of carbonyl (C=O) groups excluding carboxylic acids is 3. The minimum atomic E-state index is -0.613. The third kappa shape index (κ3) is 7.94. The number of rotatable bonds is 11. The second-order valence-corrected chi connectivity index (χ2v) is 6.66. The van der Waals surface area contributed by atoms with E-state index in [-0.39, 0.29) is 29.6 Å². The minimum Gasteiger partial charge on any atom is -0.370 e. The van der Waals surface area contributed by atoms with Crippen molar-refractivity contribution in [2.45, 2.75) is 58.0 Å². The lowest BCUT2D eigenvalue weighted by molar-refractivity contribution is -0.131. The van der Waals surface area contributed by atoms with Crippen LogP contribution in [0.1, 0.15) is 46.0 Å². The van der Waals surface area contributed by atoms with Crippen LogP contribution in [0, 0.1) is 11.8 Å². The van der Waals surface area contributed by atoms with E-state index in [2.05, 4.69) is 15.6 Å². The summed E-state index contributed by atoms with van der Waals surface area (Å²) in [5, 5.41) is 5.49. The smallest absolute Gasteiger partial charge is 0.243 e. The molecule has 8 heteroatoms. The molecule has 0 aliphatic heterocycles. The lowest BCUT2D eigenvalue weighted by Gasteiger charge is -2.22. The van der Waals surface area contributed by atoms with Crippen molar-refractivity contribution in [2.24, 2.45) is 28.3 Å². The molecule has 2 atom stereocenters. The van der Waals surface area contributed by atoms with Gasteiger partial charge in [-0.3, -0.25) is 14.6 Å². The van der Waals surface area contributed by atoms with E-state index in [4.69, 9.17) is 11.5 Å². The van der Waals surface area contributed by atoms with Gasteiger partial charge in [0.15, 0.2) is 5.96 Å². The Balaban J connectivity index is 2.51. The molecular weight excluding hydrogens is 310 g/mol. The van der Waals surface area contributed by atoms with Crippen molar-refractivity contribution in [2.75, 3.05) is 6.54 Å². The van der Waals surface area contributed by atoms with E-state index in [9.17, 15) is 14.4 Å². The van der Waals surface area contributed by atoms with Crippen LogP contribution in [0.5, 0.6) is 0 Å². The van der Waals surface area contributed by atoms with Crippen molar-refractivity contribution in [1.82, 2.24) is 10.6 Å². The van der Waals surface area contributed by atoms with Gasteiger partial charge < -0.3 is 26.9 Å². The fraction of sp³-hybridized carbons (Fsp3) is 0.750. The number of carbonyl (C=O) groups is 3. The van der Waals surface area contributed by atoms with Gasteiger partial charge in [0, 0.05) is 12.5 Å². The third-order valence-electron chi connectivity index (χ3n) is 3.75. The zero-order valence-corrected chi connectivity index (χ0v) is 14.5. The summed E-state index contributed by atoms with van der Waals surface area (Å²) in [6.45, 7) is 4.36. The van der Waals surface area contributed by atoms with E-state index in [0.717, 1.165) is 12.8 Å². The van der Waals surface area contributed by atoms with Gasteiger partial charge in [-0.05, 0) is 38.0 Å². The number of aliphatic imine (C=N–C) groups is 1. The Morgan fingerprint density at radius 3 is 2.42 bits per heavy atom. The first-order valence-corrected chi connectivity index (χ1v) is 8.45. The third-order valence-corrected chi connectivity index (χ3v) is 3.75. The number of hydrogen-bond acceptors (Lipinski definition) is 4. The Morgan fingerprint density at radius 1 is 1.25 bits per heavy atom. The Labute approximate surface area is 142 Å². The predicted molar refractivity (Wildman–Crippen MR) is 92.0 cm³/mol. The zero-order valence-electron chi connectivity index (χ0n) is 14.5. The fourth-order valence-corrected chi connectivity index (χ4v) is 2.31. The molecule has 0 heterocycles. The molecule has 0 aromatic heterocycles. The number of nitrogens with zero attached hydrogens (tertiary/aromatic N) is 1. The number of nitrogens with two attached hydrogens (primary N) is 2. The summed E-state index contributed by atoms with van der Waals surface area (Å²) < 4.78 is 0. The van der Waals surface area contributed by atoms with Crippen molar-refractivity contribution in [3.8, 4) is 0 Å². The second-order valence-electron chi connectivity index (χ2n) is 6.66. The van der Waals surface area contributed by atoms with Crippen LogP contribution < -0.4 is 22.1 Å². The normalized spacial score (nSPS) is 16.1. The molecule has 0 spiro atoms. The molecule has 0 aromatic carbocycles. The molecule has 1 fully saturated rings. The van der Waals surface area contributed by atoms with Crippen molar-refractivity contribution in [3.05, 3.63) is 0 Å². The van der Waals surface area contributed by atoms with E-state index in [1.54, 1.807) is 0 Å². The molecule has 0 unspecified atom stereocenters. The molecule has 1 saturated carbocycles. The van der Waals surface area contributed by atoms with E-state index >= 15 is 0 Å². The van der Waals surface area contributed by atoms with Gasteiger partial charge >= 0.3 is 0 Å². The average Bonchev–Trinajstić information content (AvgIpc) is 3.33. The van der Waals surface area contributed by atoms with Crippen LogP contribution in [0.2, 0.25) is 0 Å². The van der Waals surface area contributed by atoms with Crippen LogP contribution in [0.25, 0.3) is 0 Å². The van der Waals surface area contributed by atoms with Crippen molar-refractivity contribution in [1.29, 1.82) is 0 Å². The highest BCUT2D eigenvalue weighted by Crippen LogP contribution is 2.29. The van der Waals surface area contributed by atoms with Crippen LogP contribution in [-0.4, -0.2) is 42.7 Å². The zero-order chi connectivity index (χ0) is 18.1. The molecule has 6 N–H and O–H groups in total. The molecule has 1 aliphatic rings. The van der Waals surface area contributed by atoms with E-state index in [1.807, 2.05) is 13.8 Å². The van der Waals surface area contributed by atoms with Gasteiger partial charge in [0.25, 0.3) is 0 Å². The predicted octanol–water partition coefficient (Wildman–Crippen LogP) is -0.335. The standard InChI is InChI=1S/C16H29N5O3/c1-10(2)8-13(21-14(23)11-5-6-11)15(24)20-12(9-22)4-3-7-19-16(17)18/h9-13H,3-8H2,1-2H3,(H,20,24)(H,21,23)(H4,17,18,19)/t12-,13-/m0/s1. The maximum Gasteiger partial charge on any atom is 0.243 e. The van der Waals surface area contributed by atoms with Gasteiger partial charge in [0.05, 0.1) is 6.04 Å². The van der Waals surface area contributed by atoms with E-state index in [1.165, 1.54) is 0 Å². The molecule has 0 saturated heterocycles. The van der Waals surface area contributed by atoms with Crippen LogP contribution in [-0.2, 0) is 14.4 Å². The summed E-state index contributed by atoms with van der Waals surface area (Å²) in [5.74, 6) is -0.116. The fourth-order valence-electron chi connectivity index (χ4n) is 2.31. The van der Waals surface area contributed by atoms with Crippen LogP contribution in [0.3, 0.4) is 0 Å². The molecule has 0 bridgehead atoms. The molecule has 1 rings (SSSR count). The monoisotopic (exact) mass is 339 g/mol. The minimum absolute atomic E-state index is 0.00137. The highest BCUT2D eigenvalue weighted by Gasteiger charge is 2.33. The summed E-state index contributed by atoms with van der Waals surface area (Å²) in [5.41, 5.74) is 10.5. The maximum absolute atomic E-state index is 12.4. The summed E-state index contributed by atoms with van der Waals surface area (Å²) in [4.78, 5) is 39.4. The molecule has 8 nitrogen and oxygen atoms in total. The molecule has 2 amide bonds. The quantitative estimate of drug-likeness (QED) is 0.176. The van der Waals surface area contributed by atoms with E-state index < -0.39 is 12.1 Å². The maximum atomic E-state index is 12.4. The highest BCUT2D eigenvalue weighted by molar-refractivity contribution is 5.90. The largest absolute Gasteiger partial charge is 0.370 e. The first-order valence-electron chi connectivity index (χ1n) is 8.45. The Bertz CT molecular complexity index is 470. The number of nitrogens with one attached hydrogen (secondary N) is 2. The van der Waals surface area contributed by atoms with Gasteiger partial charge in [0.1, 0.15) is 12.3 Å². The lowest BCUT2D eigenvalue weighted by Crippen LogP contribution is -2.51. The number of aldehydes is 1. The first-order chi connectivity index (χ1) is 11.3. The lowest BCUT2D eigenvalue weighted by atomic mass is 10.0. The molecular formula is C16H29N5O3. The summed E-state index contributed by atoms with van der Waals surface area (Å²) in [7, 11) is 0. The Kier molecular flexibility index (Phi) is 8.21. The van der Waals surface area contributed by atoms with Crippen molar-refractivity contribution < 1.29 is 14.4 Å². The topological polar surface area (TPSA) is 140 Å². The molecule has 136 valence electrons. The second kappa shape index (κ2) is 9.89.